The number of halogens is 3. The van der Waals surface area contributed by atoms with Crippen molar-refractivity contribution < 1.29 is 23.0 Å². The van der Waals surface area contributed by atoms with Crippen molar-refractivity contribution in [1.82, 2.24) is 19.5 Å². The van der Waals surface area contributed by atoms with Crippen molar-refractivity contribution in [1.29, 1.82) is 0 Å². The molecule has 2 aromatic heterocycles. The lowest BCUT2D eigenvalue weighted by Crippen LogP contribution is -2.16. The van der Waals surface area contributed by atoms with Crippen LogP contribution in [0.5, 0.6) is 17.2 Å². The van der Waals surface area contributed by atoms with Gasteiger partial charge in [0.25, 0.3) is 0 Å². The molecular formula is C21H18ClF2N5O4. The van der Waals surface area contributed by atoms with E-state index in [4.69, 9.17) is 31.5 Å². The van der Waals surface area contributed by atoms with Gasteiger partial charge < -0.3 is 24.9 Å². The number of aromatic nitrogens is 4. The summed E-state index contributed by atoms with van der Waals surface area (Å²) in [5.74, 6) is -1.74. The van der Waals surface area contributed by atoms with E-state index in [9.17, 15) is 13.6 Å². The van der Waals surface area contributed by atoms with E-state index in [0.29, 0.717) is 11.2 Å². The summed E-state index contributed by atoms with van der Waals surface area (Å²) in [5.41, 5.74) is 6.36. The molecular weight excluding hydrogens is 460 g/mol. The molecule has 3 N–H and O–H groups in total. The van der Waals surface area contributed by atoms with E-state index in [-0.39, 0.29) is 51.7 Å². The first kappa shape index (κ1) is 22.3. The van der Waals surface area contributed by atoms with Crippen LogP contribution in [0, 0.1) is 18.6 Å². The summed E-state index contributed by atoms with van der Waals surface area (Å²) in [6.07, 6.45) is 0. The number of ether oxygens (including phenoxy) is 3. The van der Waals surface area contributed by atoms with E-state index in [1.54, 1.807) is 6.92 Å². The first-order valence-electron chi connectivity index (χ1n) is 9.51. The summed E-state index contributed by atoms with van der Waals surface area (Å²) in [6.45, 7) is 1.28. The number of H-pyrrole nitrogens is 1. The highest BCUT2D eigenvalue weighted by atomic mass is 35.5. The number of nitrogens with zero attached hydrogens (tertiary/aromatic N) is 3. The Kier molecular flexibility index (Phi) is 5.81. The number of aromatic amines is 1. The van der Waals surface area contributed by atoms with Gasteiger partial charge in [0, 0.05) is 12.1 Å². The number of nitrogens with one attached hydrogen (secondary N) is 1. The van der Waals surface area contributed by atoms with Gasteiger partial charge in [-0.2, -0.15) is 4.98 Å². The summed E-state index contributed by atoms with van der Waals surface area (Å²) in [4.78, 5) is 23.6. The molecule has 0 amide bonds. The minimum Gasteiger partial charge on any atom is -0.496 e. The lowest BCUT2D eigenvalue weighted by atomic mass is 10.2. The van der Waals surface area contributed by atoms with Crippen molar-refractivity contribution in [3.8, 4) is 22.9 Å². The molecule has 0 saturated carbocycles. The van der Waals surface area contributed by atoms with Gasteiger partial charge in [0.05, 0.1) is 36.2 Å². The number of hydrogen-bond acceptors (Lipinski definition) is 7. The Labute approximate surface area is 190 Å². The standard InChI is InChI=1S/C21H18ClF2N5O4/c1-9-18-19(28-20(25)26-9)29(21(30)27-18)13-7-16(15(32-3)6-11(13)22)33-8-10-14(31-2)5-4-12(23)17(10)24/h4-7H,8H2,1-3H3,(H,27,30)(H2,25,26,28). The first-order valence-corrected chi connectivity index (χ1v) is 9.89. The summed E-state index contributed by atoms with van der Waals surface area (Å²) < 4.78 is 45.4. The van der Waals surface area contributed by atoms with Crippen LogP contribution in [-0.2, 0) is 6.61 Å². The zero-order valence-electron chi connectivity index (χ0n) is 17.7. The maximum absolute atomic E-state index is 14.3. The molecule has 0 aliphatic rings. The topological polar surface area (TPSA) is 117 Å². The fourth-order valence-electron chi connectivity index (χ4n) is 3.39. The Balaban J connectivity index is 1.83. The van der Waals surface area contributed by atoms with Gasteiger partial charge in [0.15, 0.2) is 28.8 Å². The van der Waals surface area contributed by atoms with Crippen LogP contribution in [0.4, 0.5) is 14.7 Å². The van der Waals surface area contributed by atoms with Gasteiger partial charge in [-0.05, 0) is 19.1 Å². The smallest absolute Gasteiger partial charge is 0.332 e. The minimum absolute atomic E-state index is 0.0254. The fourth-order valence-corrected chi connectivity index (χ4v) is 3.63. The van der Waals surface area contributed by atoms with Crippen molar-refractivity contribution in [3.05, 3.63) is 62.7 Å². The molecule has 0 aliphatic heterocycles. The molecule has 0 bridgehead atoms. The van der Waals surface area contributed by atoms with Crippen LogP contribution in [0.1, 0.15) is 11.3 Å². The Hall–Kier alpha value is -3.86. The van der Waals surface area contributed by atoms with Crippen molar-refractivity contribution in [2.24, 2.45) is 0 Å². The van der Waals surface area contributed by atoms with Crippen LogP contribution in [0.2, 0.25) is 5.02 Å². The summed E-state index contributed by atoms with van der Waals surface area (Å²) in [6, 6.07) is 5.10. The van der Waals surface area contributed by atoms with Crippen LogP contribution >= 0.6 is 11.6 Å². The summed E-state index contributed by atoms with van der Waals surface area (Å²) in [7, 11) is 2.72. The van der Waals surface area contributed by atoms with Gasteiger partial charge in [-0.15, -0.1) is 0 Å². The number of hydrogen-bond donors (Lipinski definition) is 2. The average Bonchev–Trinajstić information content (AvgIpc) is 3.11. The number of anilines is 1. The maximum Gasteiger partial charge on any atom is 0.332 e. The highest BCUT2D eigenvalue weighted by Crippen LogP contribution is 2.37. The monoisotopic (exact) mass is 477 g/mol. The molecule has 0 fully saturated rings. The Morgan fingerprint density at radius 1 is 1.12 bits per heavy atom. The molecule has 2 heterocycles. The normalized spacial score (nSPS) is 11.1. The number of methoxy groups -OCH3 is 2. The molecule has 0 radical (unpaired) electrons. The number of nitrogen functional groups attached to an aromatic ring is 1. The molecule has 0 spiro atoms. The van der Waals surface area contributed by atoms with E-state index in [1.165, 1.54) is 37.0 Å². The third-order valence-corrected chi connectivity index (χ3v) is 5.26. The summed E-state index contributed by atoms with van der Waals surface area (Å²) in [5, 5.41) is 0.145. The highest BCUT2D eigenvalue weighted by Gasteiger charge is 2.21. The molecule has 0 atom stereocenters. The largest absolute Gasteiger partial charge is 0.496 e. The van der Waals surface area contributed by atoms with E-state index < -0.39 is 17.3 Å². The molecule has 0 aliphatic carbocycles. The van der Waals surface area contributed by atoms with Crippen molar-refractivity contribution in [3.63, 3.8) is 0 Å². The third kappa shape index (κ3) is 3.91. The number of imidazole rings is 1. The van der Waals surface area contributed by atoms with Crippen LogP contribution in [0.15, 0.2) is 29.1 Å². The third-order valence-electron chi connectivity index (χ3n) is 4.95. The molecule has 0 unspecified atom stereocenters. The number of benzene rings is 2. The zero-order valence-corrected chi connectivity index (χ0v) is 18.5. The second-order valence-corrected chi connectivity index (χ2v) is 7.32. The lowest BCUT2D eigenvalue weighted by molar-refractivity contribution is 0.270. The number of rotatable bonds is 6. The minimum atomic E-state index is -1.10. The molecule has 4 rings (SSSR count). The molecule has 0 saturated heterocycles. The van der Waals surface area contributed by atoms with Gasteiger partial charge in [-0.25, -0.2) is 23.1 Å². The van der Waals surface area contributed by atoms with Crippen LogP contribution in [0.25, 0.3) is 16.9 Å². The van der Waals surface area contributed by atoms with E-state index in [1.807, 2.05) is 0 Å². The molecule has 4 aromatic rings. The van der Waals surface area contributed by atoms with Gasteiger partial charge in [-0.3, -0.25) is 0 Å². The Morgan fingerprint density at radius 3 is 2.55 bits per heavy atom. The molecule has 12 heteroatoms. The van der Waals surface area contributed by atoms with Crippen molar-refractivity contribution >= 4 is 28.7 Å². The number of aryl methyl sites for hydroxylation is 1. The van der Waals surface area contributed by atoms with E-state index in [2.05, 4.69) is 15.0 Å². The number of nitrogens with two attached hydrogens (primary N) is 1. The second-order valence-electron chi connectivity index (χ2n) is 6.92. The van der Waals surface area contributed by atoms with E-state index in [0.717, 1.165) is 6.07 Å². The zero-order chi connectivity index (χ0) is 23.9. The number of fused-ring (bicyclic) bond motifs is 1. The molecule has 172 valence electrons. The molecule has 2 aromatic carbocycles. The van der Waals surface area contributed by atoms with Crippen LogP contribution < -0.4 is 25.6 Å². The maximum atomic E-state index is 14.3. The second kappa shape index (κ2) is 8.58. The predicted octanol–water partition coefficient (Wildman–Crippen LogP) is 3.53. The highest BCUT2D eigenvalue weighted by molar-refractivity contribution is 6.32. The Bertz CT molecular complexity index is 1440. The molecule has 9 nitrogen and oxygen atoms in total. The molecule has 33 heavy (non-hydrogen) atoms. The van der Waals surface area contributed by atoms with E-state index >= 15 is 0 Å². The van der Waals surface area contributed by atoms with Gasteiger partial charge in [0.1, 0.15) is 17.9 Å². The van der Waals surface area contributed by atoms with Crippen molar-refractivity contribution in [2.45, 2.75) is 13.5 Å². The Morgan fingerprint density at radius 2 is 1.85 bits per heavy atom. The average molecular weight is 478 g/mol. The van der Waals surface area contributed by atoms with Crippen LogP contribution in [0.3, 0.4) is 0 Å². The van der Waals surface area contributed by atoms with Gasteiger partial charge in [0.2, 0.25) is 5.95 Å². The fraction of sp³-hybridized carbons (Fsp3) is 0.190. The first-order chi connectivity index (χ1) is 15.7. The van der Waals surface area contributed by atoms with Crippen LogP contribution in [-0.4, -0.2) is 33.7 Å². The van der Waals surface area contributed by atoms with Gasteiger partial charge in [-0.1, -0.05) is 11.6 Å². The van der Waals surface area contributed by atoms with Gasteiger partial charge >= 0.3 is 5.69 Å². The predicted molar refractivity (Wildman–Crippen MR) is 117 cm³/mol. The SMILES string of the molecule is COc1cc(Cl)c(-n2c(=O)[nH]c3c(C)nc(N)nc32)cc1OCc1c(OC)ccc(F)c1F. The quantitative estimate of drug-likeness (QED) is 0.436. The lowest BCUT2D eigenvalue weighted by Gasteiger charge is -2.16. The summed E-state index contributed by atoms with van der Waals surface area (Å²) >= 11 is 6.42. The van der Waals surface area contributed by atoms with Crippen molar-refractivity contribution in [2.75, 3.05) is 20.0 Å².